The van der Waals surface area contributed by atoms with Crippen LogP contribution in [0.15, 0.2) is 42.5 Å². The van der Waals surface area contributed by atoms with Crippen LogP contribution in [-0.4, -0.2) is 73.1 Å². The van der Waals surface area contributed by atoms with Crippen LogP contribution in [0.2, 0.25) is 0 Å². The van der Waals surface area contributed by atoms with Gasteiger partial charge in [0, 0.05) is 38.2 Å². The molecule has 1 saturated heterocycles. The molecule has 0 aromatic heterocycles. The van der Waals surface area contributed by atoms with E-state index >= 15 is 0 Å². The summed E-state index contributed by atoms with van der Waals surface area (Å²) in [7, 11) is 0. The Kier molecular flexibility index (Phi) is 8.93. The monoisotopic (exact) mass is 513 g/mol. The lowest BCUT2D eigenvalue weighted by Crippen LogP contribution is -2.48. The molecule has 2 aromatic carbocycles. The average Bonchev–Trinajstić information content (AvgIpc) is 2.86. The quantitative estimate of drug-likeness (QED) is 0.464. The molecule has 1 unspecified atom stereocenters. The van der Waals surface area contributed by atoms with Crippen molar-refractivity contribution in [3.63, 3.8) is 0 Å². The summed E-state index contributed by atoms with van der Waals surface area (Å²) in [4.78, 5) is 4.75. The SMILES string of the molecule is CCOc1ccc2c(c1)C(N(CCN1CCOCC1)C(=S)Nc1ccccc1OCC)CC(C)(C)O2. The Morgan fingerprint density at radius 3 is 2.61 bits per heavy atom. The number of morpholine rings is 1. The topological polar surface area (TPSA) is 55.4 Å². The van der Waals surface area contributed by atoms with Crippen molar-refractivity contribution in [3.05, 3.63) is 48.0 Å². The van der Waals surface area contributed by atoms with Crippen molar-refractivity contribution in [2.24, 2.45) is 0 Å². The molecule has 0 spiro atoms. The standard InChI is InChI=1S/C28H39N3O4S/c1-5-33-21-11-12-25-22(19-21)24(20-28(3,4)35-25)31(14-13-30-15-17-32-18-16-30)27(36)29-23-9-7-8-10-26(23)34-6-2/h7-12,19,24H,5-6,13-18,20H2,1-4H3,(H,29,36). The van der Waals surface area contributed by atoms with Crippen molar-refractivity contribution in [1.82, 2.24) is 9.80 Å². The lowest BCUT2D eigenvalue weighted by atomic mass is 9.88. The third-order valence-electron chi connectivity index (χ3n) is 6.55. The first kappa shape index (κ1) is 26.5. The van der Waals surface area contributed by atoms with Gasteiger partial charge in [0.15, 0.2) is 5.11 Å². The third-order valence-corrected chi connectivity index (χ3v) is 6.89. The van der Waals surface area contributed by atoms with Crippen molar-refractivity contribution in [1.29, 1.82) is 0 Å². The predicted molar refractivity (Wildman–Crippen MR) is 147 cm³/mol. The number of nitrogens with zero attached hydrogens (tertiary/aromatic N) is 2. The zero-order valence-electron chi connectivity index (χ0n) is 21.9. The molecule has 1 atom stereocenters. The Morgan fingerprint density at radius 1 is 1.11 bits per heavy atom. The second-order valence-corrected chi connectivity index (χ2v) is 10.1. The van der Waals surface area contributed by atoms with E-state index in [9.17, 15) is 0 Å². The van der Waals surface area contributed by atoms with Gasteiger partial charge in [0.25, 0.3) is 0 Å². The van der Waals surface area contributed by atoms with E-state index in [1.807, 2.05) is 50.2 Å². The van der Waals surface area contributed by atoms with Gasteiger partial charge in [0.2, 0.25) is 0 Å². The molecule has 8 heteroatoms. The number of thiocarbonyl (C=S) groups is 1. The lowest BCUT2D eigenvalue weighted by Gasteiger charge is -2.44. The van der Waals surface area contributed by atoms with Gasteiger partial charge in [0.1, 0.15) is 22.8 Å². The molecule has 4 rings (SSSR count). The van der Waals surface area contributed by atoms with Crippen LogP contribution in [0.5, 0.6) is 17.2 Å². The largest absolute Gasteiger partial charge is 0.494 e. The molecule has 2 aliphatic rings. The van der Waals surface area contributed by atoms with Crippen LogP contribution in [0.25, 0.3) is 0 Å². The summed E-state index contributed by atoms with van der Waals surface area (Å²) < 4.78 is 23.6. The minimum Gasteiger partial charge on any atom is -0.494 e. The zero-order chi connectivity index (χ0) is 25.5. The maximum atomic E-state index is 6.38. The van der Waals surface area contributed by atoms with Gasteiger partial charge in [-0.3, -0.25) is 4.90 Å². The molecule has 2 aliphatic heterocycles. The average molecular weight is 514 g/mol. The van der Waals surface area contributed by atoms with E-state index in [4.69, 9.17) is 31.2 Å². The van der Waals surface area contributed by atoms with Crippen molar-refractivity contribution in [2.75, 3.05) is 57.9 Å². The first-order chi connectivity index (χ1) is 17.4. The highest BCUT2D eigenvalue weighted by atomic mass is 32.1. The van der Waals surface area contributed by atoms with Crippen LogP contribution in [0.4, 0.5) is 5.69 Å². The molecule has 1 fully saturated rings. The lowest BCUT2D eigenvalue weighted by molar-refractivity contribution is 0.0266. The fourth-order valence-electron chi connectivity index (χ4n) is 4.84. The van der Waals surface area contributed by atoms with Crippen LogP contribution >= 0.6 is 12.2 Å². The van der Waals surface area contributed by atoms with Gasteiger partial charge >= 0.3 is 0 Å². The molecule has 2 heterocycles. The number of anilines is 1. The maximum absolute atomic E-state index is 6.38. The maximum Gasteiger partial charge on any atom is 0.174 e. The number of nitrogens with one attached hydrogen (secondary N) is 1. The van der Waals surface area contributed by atoms with E-state index in [0.29, 0.717) is 18.3 Å². The second kappa shape index (κ2) is 12.1. The Morgan fingerprint density at radius 2 is 1.86 bits per heavy atom. The first-order valence-electron chi connectivity index (χ1n) is 13.0. The number of para-hydroxylation sites is 2. The van der Waals surface area contributed by atoms with Crippen LogP contribution in [0.3, 0.4) is 0 Å². The van der Waals surface area contributed by atoms with Crippen LogP contribution in [-0.2, 0) is 4.74 Å². The van der Waals surface area contributed by atoms with Gasteiger partial charge in [-0.15, -0.1) is 0 Å². The molecule has 1 N–H and O–H groups in total. The van der Waals surface area contributed by atoms with E-state index in [1.54, 1.807) is 0 Å². The molecule has 36 heavy (non-hydrogen) atoms. The highest BCUT2D eigenvalue weighted by molar-refractivity contribution is 7.80. The van der Waals surface area contributed by atoms with E-state index in [0.717, 1.165) is 74.3 Å². The minimum absolute atomic E-state index is 0.0319. The summed E-state index contributed by atoms with van der Waals surface area (Å²) in [5.74, 6) is 2.52. The molecule has 0 amide bonds. The van der Waals surface area contributed by atoms with E-state index < -0.39 is 0 Å². The number of rotatable bonds is 9. The van der Waals surface area contributed by atoms with Gasteiger partial charge < -0.3 is 29.2 Å². The number of benzene rings is 2. The number of ether oxygens (including phenoxy) is 4. The second-order valence-electron chi connectivity index (χ2n) is 9.72. The van der Waals surface area contributed by atoms with E-state index in [2.05, 4.69) is 35.0 Å². The summed E-state index contributed by atoms with van der Waals surface area (Å²) in [5, 5.41) is 4.17. The molecule has 0 radical (unpaired) electrons. The highest BCUT2D eigenvalue weighted by Gasteiger charge is 2.38. The highest BCUT2D eigenvalue weighted by Crippen LogP contribution is 2.44. The van der Waals surface area contributed by atoms with E-state index in [1.165, 1.54) is 0 Å². The van der Waals surface area contributed by atoms with Gasteiger partial charge in [-0.1, -0.05) is 12.1 Å². The number of fused-ring (bicyclic) bond motifs is 1. The molecular weight excluding hydrogens is 474 g/mol. The number of hydrogen-bond donors (Lipinski definition) is 1. The third kappa shape index (κ3) is 6.60. The van der Waals surface area contributed by atoms with Crippen molar-refractivity contribution in [2.45, 2.75) is 45.8 Å². The molecule has 7 nitrogen and oxygen atoms in total. The molecule has 196 valence electrons. The smallest absolute Gasteiger partial charge is 0.174 e. The van der Waals surface area contributed by atoms with Gasteiger partial charge in [-0.25, -0.2) is 0 Å². The summed E-state index contributed by atoms with van der Waals surface area (Å²) in [6.07, 6.45) is 0.799. The van der Waals surface area contributed by atoms with Crippen molar-refractivity contribution < 1.29 is 18.9 Å². The van der Waals surface area contributed by atoms with Crippen molar-refractivity contribution >= 4 is 23.0 Å². The summed E-state index contributed by atoms with van der Waals surface area (Å²) in [6.45, 7) is 14.6. The fourth-order valence-corrected chi connectivity index (χ4v) is 5.17. The van der Waals surface area contributed by atoms with Gasteiger partial charge in [0.05, 0.1) is 38.2 Å². The van der Waals surface area contributed by atoms with Gasteiger partial charge in [-0.2, -0.15) is 0 Å². The molecule has 0 aliphatic carbocycles. The molecule has 2 aromatic rings. The fraction of sp³-hybridized carbons (Fsp3) is 0.536. The van der Waals surface area contributed by atoms with Gasteiger partial charge in [-0.05, 0) is 70.2 Å². The van der Waals surface area contributed by atoms with E-state index in [-0.39, 0.29) is 11.6 Å². The predicted octanol–water partition coefficient (Wildman–Crippen LogP) is 5.12. The summed E-state index contributed by atoms with van der Waals surface area (Å²) >= 11 is 6.08. The summed E-state index contributed by atoms with van der Waals surface area (Å²) in [6, 6.07) is 14.1. The Hall–Kier alpha value is -2.55. The zero-order valence-corrected chi connectivity index (χ0v) is 22.7. The van der Waals surface area contributed by atoms with Crippen LogP contribution < -0.4 is 19.5 Å². The normalized spacial score (nSPS) is 19.1. The first-order valence-corrected chi connectivity index (χ1v) is 13.4. The molecular formula is C28H39N3O4S. The van der Waals surface area contributed by atoms with Crippen LogP contribution in [0.1, 0.15) is 45.7 Å². The Bertz CT molecular complexity index is 1030. The minimum atomic E-state index is -0.332. The summed E-state index contributed by atoms with van der Waals surface area (Å²) in [5.41, 5.74) is 1.64. The Labute approximate surface area is 220 Å². The number of hydrogen-bond acceptors (Lipinski definition) is 6. The molecule has 0 saturated carbocycles. The molecule has 0 bridgehead atoms. The van der Waals surface area contributed by atoms with Crippen molar-refractivity contribution in [3.8, 4) is 17.2 Å². The Balaban J connectivity index is 1.66. The van der Waals surface area contributed by atoms with Crippen LogP contribution in [0, 0.1) is 0 Å².